The summed E-state index contributed by atoms with van der Waals surface area (Å²) in [4.78, 5) is 0. The van der Waals surface area contributed by atoms with Gasteiger partial charge in [-0.15, -0.1) is 24.3 Å². The predicted octanol–water partition coefficient (Wildman–Crippen LogP) is 4.95. The first kappa shape index (κ1) is 16.8. The molecule has 2 heterocycles. The molecule has 5 aromatic rings. The maximum absolute atomic E-state index is 4.11. The van der Waals surface area contributed by atoms with Crippen molar-refractivity contribution in [3.05, 3.63) is 91.7 Å². The Labute approximate surface area is 166 Å². The van der Waals surface area contributed by atoms with Crippen molar-refractivity contribution in [3.63, 3.8) is 0 Å². The topological polar surface area (TPSA) is 8.29 Å². The maximum atomic E-state index is 4.11. The number of hydrogen-bond acceptors (Lipinski definition) is 0. The number of nitrogens with zero attached hydrogens (tertiary/aromatic N) is 2. The van der Waals surface area contributed by atoms with Crippen LogP contribution in [0.3, 0.4) is 0 Å². The van der Waals surface area contributed by atoms with E-state index in [1.165, 1.54) is 33.0 Å². The summed E-state index contributed by atoms with van der Waals surface area (Å²) >= 11 is 0. The van der Waals surface area contributed by atoms with E-state index < -0.39 is 0 Å². The molecule has 26 heavy (non-hydrogen) atoms. The minimum atomic E-state index is 0. The summed E-state index contributed by atoms with van der Waals surface area (Å²) in [6, 6.07) is 24.9. The van der Waals surface area contributed by atoms with Crippen molar-refractivity contribution in [3.8, 4) is 11.1 Å². The summed E-state index contributed by atoms with van der Waals surface area (Å²) < 4.78 is 4.10. The van der Waals surface area contributed by atoms with Gasteiger partial charge in [0.2, 0.25) is 0 Å². The molecule has 0 spiro atoms. The van der Waals surface area contributed by atoms with Crippen LogP contribution >= 0.6 is 0 Å². The fraction of sp³-hybridized carbons (Fsp3) is 0.0435. The SMILES string of the molecule is [CH2-][n+]1ccn2c3ccc(-c4ccc(C)cc4)cc3c3ccc[c-]c3c21.[Ir]. The predicted molar refractivity (Wildman–Crippen MR) is 102 cm³/mol. The Morgan fingerprint density at radius 2 is 1.73 bits per heavy atom. The second kappa shape index (κ2) is 6.28. The summed E-state index contributed by atoms with van der Waals surface area (Å²) in [5.41, 5.74) is 5.98. The van der Waals surface area contributed by atoms with E-state index in [4.69, 9.17) is 0 Å². The zero-order valence-corrected chi connectivity index (χ0v) is 16.8. The van der Waals surface area contributed by atoms with Crippen molar-refractivity contribution in [1.29, 1.82) is 0 Å². The molecule has 3 heteroatoms. The number of aryl methyl sites for hydroxylation is 1. The van der Waals surface area contributed by atoms with Gasteiger partial charge in [0.1, 0.15) is 5.52 Å². The molecule has 2 nitrogen and oxygen atoms in total. The molecule has 0 aliphatic heterocycles. The quantitative estimate of drug-likeness (QED) is 0.170. The molecule has 2 aromatic heterocycles. The molecule has 0 saturated carbocycles. The largest absolute Gasteiger partial charge is 0.355 e. The smallest absolute Gasteiger partial charge is 0.194 e. The third-order valence-electron chi connectivity index (χ3n) is 4.91. The Hall–Kier alpha value is -2.61. The van der Waals surface area contributed by atoms with E-state index in [-0.39, 0.29) is 20.1 Å². The molecular formula is C23H17IrN2-. The van der Waals surface area contributed by atoms with E-state index in [1.807, 2.05) is 22.9 Å². The number of fused-ring (bicyclic) bond motifs is 6. The Balaban J connectivity index is 0.00000168. The van der Waals surface area contributed by atoms with Gasteiger partial charge in [0.15, 0.2) is 5.65 Å². The Morgan fingerprint density at radius 1 is 0.962 bits per heavy atom. The number of pyridine rings is 1. The number of imidazole rings is 1. The third-order valence-corrected chi connectivity index (χ3v) is 4.91. The monoisotopic (exact) mass is 514 g/mol. The fourth-order valence-corrected chi connectivity index (χ4v) is 3.62. The second-order valence-electron chi connectivity index (χ2n) is 6.52. The average molecular weight is 514 g/mol. The first-order chi connectivity index (χ1) is 12.2. The number of aromatic nitrogens is 2. The van der Waals surface area contributed by atoms with Gasteiger partial charge in [-0.1, -0.05) is 52.7 Å². The van der Waals surface area contributed by atoms with Gasteiger partial charge in [0, 0.05) is 26.3 Å². The number of rotatable bonds is 1. The van der Waals surface area contributed by atoms with Crippen molar-refractivity contribution < 1.29 is 24.7 Å². The van der Waals surface area contributed by atoms with Crippen LogP contribution < -0.4 is 4.57 Å². The molecule has 129 valence electrons. The molecular weight excluding hydrogens is 496 g/mol. The van der Waals surface area contributed by atoms with E-state index >= 15 is 0 Å². The van der Waals surface area contributed by atoms with Gasteiger partial charge in [-0.05, 0) is 36.6 Å². The van der Waals surface area contributed by atoms with E-state index in [2.05, 4.69) is 79.2 Å². The molecule has 3 aromatic carbocycles. The van der Waals surface area contributed by atoms with Gasteiger partial charge >= 0.3 is 0 Å². The van der Waals surface area contributed by atoms with Crippen LogP contribution in [0.25, 0.3) is 38.4 Å². The van der Waals surface area contributed by atoms with Crippen molar-refractivity contribution in [2.45, 2.75) is 6.92 Å². The zero-order chi connectivity index (χ0) is 17.0. The molecule has 0 unspecified atom stereocenters. The van der Waals surface area contributed by atoms with Crippen LogP contribution in [0, 0.1) is 20.0 Å². The van der Waals surface area contributed by atoms with Crippen LogP contribution in [0.2, 0.25) is 0 Å². The first-order valence-corrected chi connectivity index (χ1v) is 8.39. The Morgan fingerprint density at radius 3 is 2.54 bits per heavy atom. The molecule has 1 radical (unpaired) electrons. The molecule has 0 saturated heterocycles. The summed E-state index contributed by atoms with van der Waals surface area (Å²) in [5.74, 6) is 0. The van der Waals surface area contributed by atoms with Gasteiger partial charge in [-0.25, -0.2) is 4.40 Å². The third kappa shape index (κ3) is 2.44. The average Bonchev–Trinajstić information content (AvgIpc) is 3.04. The van der Waals surface area contributed by atoms with Crippen molar-refractivity contribution in [1.82, 2.24) is 4.40 Å². The van der Waals surface area contributed by atoms with Crippen LogP contribution in [-0.2, 0) is 20.1 Å². The van der Waals surface area contributed by atoms with Crippen molar-refractivity contribution >= 4 is 27.3 Å². The standard InChI is InChI=1S/C23H17N2.Ir/c1-16-7-9-17(10-8-16)18-11-12-22-21(15-18)19-5-3-4-6-20(19)23-24(2)13-14-25(22)23;/h3-5,7-15H,2H2,1H3;/q-1;. The Bertz CT molecular complexity index is 1250. The molecule has 0 atom stereocenters. The van der Waals surface area contributed by atoms with Crippen LogP contribution in [0.4, 0.5) is 0 Å². The summed E-state index contributed by atoms with van der Waals surface area (Å²) in [6.07, 6.45) is 4.05. The molecule has 0 fully saturated rings. The number of benzene rings is 3. The molecule has 0 bridgehead atoms. The molecule has 5 rings (SSSR count). The number of hydrogen-bond donors (Lipinski definition) is 0. The minimum absolute atomic E-state index is 0. The van der Waals surface area contributed by atoms with E-state index in [1.54, 1.807) is 0 Å². The molecule has 0 amide bonds. The van der Waals surface area contributed by atoms with Crippen molar-refractivity contribution in [2.24, 2.45) is 0 Å². The summed E-state index contributed by atoms with van der Waals surface area (Å²) in [5, 5.41) is 3.53. The van der Waals surface area contributed by atoms with Crippen LogP contribution in [-0.4, -0.2) is 4.40 Å². The van der Waals surface area contributed by atoms with Gasteiger partial charge in [0.05, 0.1) is 6.20 Å². The van der Waals surface area contributed by atoms with Crippen LogP contribution in [0.5, 0.6) is 0 Å². The van der Waals surface area contributed by atoms with Gasteiger partial charge in [0.25, 0.3) is 0 Å². The van der Waals surface area contributed by atoms with Crippen molar-refractivity contribution in [2.75, 3.05) is 0 Å². The van der Waals surface area contributed by atoms with Crippen LogP contribution in [0.1, 0.15) is 5.56 Å². The van der Waals surface area contributed by atoms with Gasteiger partial charge in [-0.3, -0.25) is 0 Å². The molecule has 0 N–H and O–H groups in total. The minimum Gasteiger partial charge on any atom is -0.355 e. The summed E-state index contributed by atoms with van der Waals surface area (Å²) in [7, 11) is 4.11. The van der Waals surface area contributed by atoms with E-state index in [0.717, 1.165) is 11.0 Å². The van der Waals surface area contributed by atoms with E-state index in [9.17, 15) is 0 Å². The van der Waals surface area contributed by atoms with Crippen LogP contribution in [0.15, 0.2) is 73.1 Å². The Kier molecular flexibility index (Phi) is 4.07. The van der Waals surface area contributed by atoms with Gasteiger partial charge in [-0.2, -0.15) is 0 Å². The molecule has 0 aliphatic carbocycles. The second-order valence-corrected chi connectivity index (χ2v) is 6.52. The van der Waals surface area contributed by atoms with Gasteiger partial charge < -0.3 is 4.57 Å². The summed E-state index contributed by atoms with van der Waals surface area (Å²) in [6.45, 7) is 2.12. The first-order valence-electron chi connectivity index (χ1n) is 8.39. The normalized spacial score (nSPS) is 11.1. The maximum Gasteiger partial charge on any atom is 0.194 e. The molecule has 0 aliphatic rings. The van der Waals surface area contributed by atoms with E-state index in [0.29, 0.717) is 0 Å². The fourth-order valence-electron chi connectivity index (χ4n) is 3.62. The zero-order valence-electron chi connectivity index (χ0n) is 14.4.